The molecule has 2 aromatic carbocycles. The summed E-state index contributed by atoms with van der Waals surface area (Å²) < 4.78 is 1.95. The zero-order valence-electron chi connectivity index (χ0n) is 17.8. The molecular formula is C24H22N6OS. The summed E-state index contributed by atoms with van der Waals surface area (Å²) in [4.78, 5) is 16.4. The topological polar surface area (TPSA) is 85.1 Å². The third kappa shape index (κ3) is 5.28. The van der Waals surface area contributed by atoms with E-state index in [0.29, 0.717) is 11.0 Å². The molecule has 1 N–H and O–H groups in total. The standard InChI is InChI=1S/C24H22N6OS/c1-17-6-8-21(9-7-17)30-23(20-10-12-25-13-11-20)28-29-24(30)32-16-22(31)27-26-15-19-5-3-4-18(2)14-19/h3-15H,16H2,1-2H3,(H,27,31). The summed E-state index contributed by atoms with van der Waals surface area (Å²) in [7, 11) is 0. The van der Waals surface area contributed by atoms with E-state index in [4.69, 9.17) is 0 Å². The minimum atomic E-state index is -0.220. The van der Waals surface area contributed by atoms with Gasteiger partial charge in [-0.2, -0.15) is 5.10 Å². The van der Waals surface area contributed by atoms with Crippen molar-refractivity contribution in [3.05, 3.63) is 89.7 Å². The number of carbonyl (C=O) groups excluding carboxylic acids is 1. The van der Waals surface area contributed by atoms with Crippen molar-refractivity contribution in [2.24, 2.45) is 5.10 Å². The summed E-state index contributed by atoms with van der Waals surface area (Å²) in [5.41, 5.74) is 7.61. The Balaban J connectivity index is 1.50. The number of aromatic nitrogens is 4. The minimum absolute atomic E-state index is 0.158. The lowest BCUT2D eigenvalue weighted by molar-refractivity contribution is -0.118. The highest BCUT2D eigenvalue weighted by Gasteiger charge is 2.17. The van der Waals surface area contributed by atoms with E-state index in [2.05, 4.69) is 25.7 Å². The highest BCUT2D eigenvalue weighted by atomic mass is 32.2. The molecule has 4 rings (SSSR count). The molecule has 32 heavy (non-hydrogen) atoms. The van der Waals surface area contributed by atoms with E-state index in [-0.39, 0.29) is 11.7 Å². The van der Waals surface area contributed by atoms with E-state index in [1.54, 1.807) is 18.6 Å². The van der Waals surface area contributed by atoms with Crippen molar-refractivity contribution in [1.29, 1.82) is 0 Å². The molecule has 2 aromatic heterocycles. The van der Waals surface area contributed by atoms with Gasteiger partial charge < -0.3 is 0 Å². The first-order valence-electron chi connectivity index (χ1n) is 10.0. The lowest BCUT2D eigenvalue weighted by atomic mass is 10.2. The van der Waals surface area contributed by atoms with Crippen LogP contribution in [0.4, 0.5) is 0 Å². The Bertz CT molecular complexity index is 1240. The molecule has 8 heteroatoms. The Morgan fingerprint density at radius 1 is 1.03 bits per heavy atom. The van der Waals surface area contributed by atoms with Gasteiger partial charge in [-0.25, -0.2) is 5.43 Å². The Hall–Kier alpha value is -3.78. The van der Waals surface area contributed by atoms with E-state index in [1.807, 2.05) is 79.1 Å². The molecule has 160 valence electrons. The summed E-state index contributed by atoms with van der Waals surface area (Å²) in [6, 6.07) is 19.8. The van der Waals surface area contributed by atoms with Crippen molar-refractivity contribution < 1.29 is 4.79 Å². The predicted octanol–water partition coefficient (Wildman–Crippen LogP) is 4.19. The van der Waals surface area contributed by atoms with Gasteiger partial charge in [0.1, 0.15) is 0 Å². The molecule has 0 spiro atoms. The number of carbonyl (C=O) groups is 1. The molecule has 1 amide bonds. The molecule has 0 bridgehead atoms. The highest BCUT2D eigenvalue weighted by Crippen LogP contribution is 2.27. The summed E-state index contributed by atoms with van der Waals surface area (Å²) in [6.07, 6.45) is 5.07. The smallest absolute Gasteiger partial charge is 0.250 e. The molecule has 0 saturated heterocycles. The van der Waals surface area contributed by atoms with Crippen molar-refractivity contribution in [2.75, 3.05) is 5.75 Å². The number of hydrazone groups is 1. The third-order valence-corrected chi connectivity index (χ3v) is 5.57. The molecule has 0 aliphatic rings. The van der Waals surface area contributed by atoms with Gasteiger partial charge in [0.15, 0.2) is 11.0 Å². The van der Waals surface area contributed by atoms with Crippen LogP contribution >= 0.6 is 11.8 Å². The fourth-order valence-corrected chi connectivity index (χ4v) is 3.81. The van der Waals surface area contributed by atoms with E-state index in [1.165, 1.54) is 11.8 Å². The van der Waals surface area contributed by atoms with Gasteiger partial charge in [-0.15, -0.1) is 10.2 Å². The molecule has 2 heterocycles. The van der Waals surface area contributed by atoms with Crippen LogP contribution in [0.2, 0.25) is 0 Å². The fraction of sp³-hybridized carbons (Fsp3) is 0.125. The Labute approximate surface area is 190 Å². The molecule has 0 aliphatic carbocycles. The van der Waals surface area contributed by atoms with Crippen LogP contribution in [0.5, 0.6) is 0 Å². The molecule has 4 aromatic rings. The number of hydrogen-bond donors (Lipinski definition) is 1. The molecule has 0 atom stereocenters. The van der Waals surface area contributed by atoms with Crippen LogP contribution in [-0.2, 0) is 4.79 Å². The van der Waals surface area contributed by atoms with E-state index < -0.39 is 0 Å². The van der Waals surface area contributed by atoms with Crippen molar-refractivity contribution in [2.45, 2.75) is 19.0 Å². The number of benzene rings is 2. The second-order valence-corrected chi connectivity index (χ2v) is 8.15. The zero-order chi connectivity index (χ0) is 22.3. The van der Waals surface area contributed by atoms with Crippen LogP contribution in [0.15, 0.2) is 83.3 Å². The average molecular weight is 443 g/mol. The monoisotopic (exact) mass is 442 g/mol. The summed E-state index contributed by atoms with van der Waals surface area (Å²) >= 11 is 1.31. The van der Waals surface area contributed by atoms with Crippen molar-refractivity contribution in [3.63, 3.8) is 0 Å². The number of amides is 1. The van der Waals surface area contributed by atoms with Gasteiger partial charge in [-0.1, -0.05) is 59.3 Å². The van der Waals surface area contributed by atoms with Gasteiger partial charge in [0.2, 0.25) is 0 Å². The Morgan fingerprint density at radius 2 is 1.81 bits per heavy atom. The number of thioether (sulfide) groups is 1. The number of pyridine rings is 1. The summed E-state index contributed by atoms with van der Waals surface area (Å²) in [5.74, 6) is 0.630. The van der Waals surface area contributed by atoms with Gasteiger partial charge in [0.05, 0.1) is 12.0 Å². The normalized spacial score (nSPS) is 11.1. The molecular weight excluding hydrogens is 420 g/mol. The number of rotatable bonds is 7. The summed E-state index contributed by atoms with van der Waals surface area (Å²) in [6.45, 7) is 4.05. The van der Waals surface area contributed by atoms with E-state index >= 15 is 0 Å². The molecule has 0 fully saturated rings. The first kappa shape index (κ1) is 21.5. The van der Waals surface area contributed by atoms with Crippen molar-refractivity contribution in [1.82, 2.24) is 25.2 Å². The maximum Gasteiger partial charge on any atom is 0.250 e. The first-order chi connectivity index (χ1) is 15.6. The first-order valence-corrected chi connectivity index (χ1v) is 11.0. The van der Waals surface area contributed by atoms with Crippen LogP contribution in [0.25, 0.3) is 17.1 Å². The van der Waals surface area contributed by atoms with Crippen LogP contribution in [0.1, 0.15) is 16.7 Å². The van der Waals surface area contributed by atoms with Gasteiger partial charge >= 0.3 is 0 Å². The SMILES string of the molecule is Cc1ccc(-n2c(SCC(=O)NN=Cc3cccc(C)c3)nnc2-c2ccncc2)cc1. The zero-order valence-corrected chi connectivity index (χ0v) is 18.6. The molecule has 0 saturated carbocycles. The second kappa shape index (κ2) is 10.0. The Kier molecular flexibility index (Phi) is 6.72. The van der Waals surface area contributed by atoms with Crippen LogP contribution in [0, 0.1) is 13.8 Å². The maximum absolute atomic E-state index is 12.3. The van der Waals surface area contributed by atoms with Gasteiger partial charge in [0, 0.05) is 23.6 Å². The molecule has 7 nitrogen and oxygen atoms in total. The van der Waals surface area contributed by atoms with Gasteiger partial charge in [-0.05, 0) is 43.7 Å². The quantitative estimate of drug-likeness (QED) is 0.264. The third-order valence-electron chi connectivity index (χ3n) is 4.64. The van der Waals surface area contributed by atoms with Crippen LogP contribution in [-0.4, -0.2) is 37.6 Å². The van der Waals surface area contributed by atoms with Gasteiger partial charge in [0.25, 0.3) is 5.91 Å². The average Bonchev–Trinajstić information content (AvgIpc) is 3.23. The van der Waals surface area contributed by atoms with E-state index in [9.17, 15) is 4.79 Å². The molecule has 0 unspecified atom stereocenters. The lowest BCUT2D eigenvalue weighted by Crippen LogP contribution is -2.20. The minimum Gasteiger partial charge on any atom is -0.272 e. The van der Waals surface area contributed by atoms with E-state index in [0.717, 1.165) is 27.9 Å². The van der Waals surface area contributed by atoms with Crippen molar-refractivity contribution >= 4 is 23.9 Å². The molecule has 0 radical (unpaired) electrons. The lowest BCUT2D eigenvalue weighted by Gasteiger charge is -2.10. The summed E-state index contributed by atoms with van der Waals surface area (Å²) in [5, 5.41) is 13.4. The maximum atomic E-state index is 12.3. The number of hydrogen-bond acceptors (Lipinski definition) is 6. The number of aryl methyl sites for hydroxylation is 2. The van der Waals surface area contributed by atoms with Crippen LogP contribution < -0.4 is 5.43 Å². The highest BCUT2D eigenvalue weighted by molar-refractivity contribution is 7.99. The number of nitrogens with zero attached hydrogens (tertiary/aromatic N) is 5. The second-order valence-electron chi connectivity index (χ2n) is 7.21. The van der Waals surface area contributed by atoms with Crippen LogP contribution in [0.3, 0.4) is 0 Å². The van der Waals surface area contributed by atoms with Gasteiger partial charge in [-0.3, -0.25) is 14.3 Å². The largest absolute Gasteiger partial charge is 0.272 e. The van der Waals surface area contributed by atoms with Crippen molar-refractivity contribution in [3.8, 4) is 17.1 Å². The molecule has 0 aliphatic heterocycles. The Morgan fingerprint density at radius 3 is 2.56 bits per heavy atom. The number of nitrogens with one attached hydrogen (secondary N) is 1. The fourth-order valence-electron chi connectivity index (χ4n) is 3.07. The predicted molar refractivity (Wildman–Crippen MR) is 127 cm³/mol.